The number of thiophene rings is 1. The van der Waals surface area contributed by atoms with Crippen LogP contribution in [-0.4, -0.2) is 27.0 Å². The molecule has 1 saturated heterocycles. The Labute approximate surface area is 170 Å². The minimum Gasteiger partial charge on any atom is -0.337 e. The molecule has 0 spiro atoms. The third-order valence-corrected chi connectivity index (χ3v) is 5.97. The van der Waals surface area contributed by atoms with Crippen LogP contribution in [-0.2, 0) is 16.9 Å². The summed E-state index contributed by atoms with van der Waals surface area (Å²) in [7, 11) is 0. The molecule has 7 nitrogen and oxygen atoms in total. The molecule has 3 amide bonds. The normalized spacial score (nSPS) is 19.1. The van der Waals surface area contributed by atoms with Gasteiger partial charge in [-0.1, -0.05) is 53.7 Å². The number of benzene rings is 2. The molecule has 1 aliphatic rings. The number of nitrogens with one attached hydrogen (secondary N) is 1. The van der Waals surface area contributed by atoms with Gasteiger partial charge in [0.05, 0.1) is 4.88 Å². The van der Waals surface area contributed by atoms with Gasteiger partial charge in [0.15, 0.2) is 0 Å². The van der Waals surface area contributed by atoms with Crippen LogP contribution in [0.2, 0.25) is 0 Å². The molecule has 1 fully saturated rings. The van der Waals surface area contributed by atoms with Crippen molar-refractivity contribution < 1.29 is 14.1 Å². The van der Waals surface area contributed by atoms with Crippen LogP contribution in [0.1, 0.15) is 18.4 Å². The Bertz CT molecular complexity index is 1230. The van der Waals surface area contributed by atoms with E-state index in [1.165, 1.54) is 11.3 Å². The van der Waals surface area contributed by atoms with Crippen molar-refractivity contribution in [3.63, 3.8) is 0 Å². The molecule has 1 aliphatic heterocycles. The number of urea groups is 1. The van der Waals surface area contributed by atoms with Crippen molar-refractivity contribution in [1.82, 2.24) is 20.4 Å². The zero-order chi connectivity index (χ0) is 20.0. The fourth-order valence-electron chi connectivity index (χ4n) is 3.64. The van der Waals surface area contributed by atoms with Crippen LogP contribution in [0, 0.1) is 0 Å². The monoisotopic (exact) mass is 404 g/mol. The lowest BCUT2D eigenvalue weighted by molar-refractivity contribution is -0.131. The zero-order valence-electron chi connectivity index (χ0n) is 15.5. The van der Waals surface area contributed by atoms with Gasteiger partial charge in [0.1, 0.15) is 12.1 Å². The average molecular weight is 404 g/mol. The number of imide groups is 1. The maximum absolute atomic E-state index is 13.3. The molecule has 0 saturated carbocycles. The predicted octanol–water partition coefficient (Wildman–Crippen LogP) is 3.92. The number of aromatic nitrogens is 2. The first-order valence-corrected chi connectivity index (χ1v) is 9.93. The van der Waals surface area contributed by atoms with Gasteiger partial charge in [-0.2, -0.15) is 4.98 Å². The third kappa shape index (κ3) is 2.80. The molecular formula is C21H16N4O3S. The van der Waals surface area contributed by atoms with Crippen LogP contribution in [0.25, 0.3) is 21.5 Å². The van der Waals surface area contributed by atoms with Crippen LogP contribution < -0.4 is 5.32 Å². The van der Waals surface area contributed by atoms with Crippen molar-refractivity contribution in [3.05, 3.63) is 71.4 Å². The summed E-state index contributed by atoms with van der Waals surface area (Å²) in [5, 5.41) is 10.6. The quantitative estimate of drug-likeness (QED) is 0.521. The molecule has 0 aliphatic carbocycles. The van der Waals surface area contributed by atoms with Gasteiger partial charge < -0.3 is 9.84 Å². The standard InChI is InChI=1S/C21H16N4O3S/c1-21(15-9-4-7-13-6-2-3-8-14(13)15)19(26)25(20(27)23-21)12-17-22-18(24-28-17)16-10-5-11-29-16/h2-11H,12H2,1H3,(H,23,27)/t21-/m0/s1. The Hall–Kier alpha value is -3.52. The van der Waals surface area contributed by atoms with Gasteiger partial charge in [-0.15, -0.1) is 11.3 Å². The lowest BCUT2D eigenvalue weighted by Gasteiger charge is -2.23. The fraction of sp³-hybridized carbons (Fsp3) is 0.143. The van der Waals surface area contributed by atoms with Crippen LogP contribution in [0.4, 0.5) is 4.79 Å². The summed E-state index contributed by atoms with van der Waals surface area (Å²) in [5.41, 5.74) is -0.421. The predicted molar refractivity (Wildman–Crippen MR) is 108 cm³/mol. The minimum absolute atomic E-state index is 0.0800. The molecular weight excluding hydrogens is 388 g/mol. The third-order valence-electron chi connectivity index (χ3n) is 5.11. The van der Waals surface area contributed by atoms with Gasteiger partial charge in [-0.3, -0.25) is 9.69 Å². The van der Waals surface area contributed by atoms with Crippen LogP contribution in [0.3, 0.4) is 0 Å². The Kier molecular flexibility index (Phi) is 3.95. The van der Waals surface area contributed by atoms with E-state index in [9.17, 15) is 9.59 Å². The number of amides is 3. The van der Waals surface area contributed by atoms with Crippen molar-refractivity contribution in [3.8, 4) is 10.7 Å². The topological polar surface area (TPSA) is 88.3 Å². The van der Waals surface area contributed by atoms with Gasteiger partial charge in [0, 0.05) is 0 Å². The Morgan fingerprint density at radius 2 is 1.93 bits per heavy atom. The molecule has 144 valence electrons. The van der Waals surface area contributed by atoms with Crippen LogP contribution in [0.5, 0.6) is 0 Å². The van der Waals surface area contributed by atoms with E-state index in [0.29, 0.717) is 5.82 Å². The van der Waals surface area contributed by atoms with Crippen molar-refractivity contribution in [2.24, 2.45) is 0 Å². The van der Waals surface area contributed by atoms with E-state index in [2.05, 4.69) is 15.5 Å². The second-order valence-electron chi connectivity index (χ2n) is 6.96. The number of rotatable bonds is 4. The van der Waals surface area contributed by atoms with Gasteiger partial charge in [0.25, 0.3) is 5.91 Å². The van der Waals surface area contributed by atoms with Crippen molar-refractivity contribution in [2.75, 3.05) is 0 Å². The van der Waals surface area contributed by atoms with Gasteiger partial charge in [-0.05, 0) is 34.7 Å². The Morgan fingerprint density at radius 1 is 1.10 bits per heavy atom. The first-order valence-electron chi connectivity index (χ1n) is 9.05. The summed E-state index contributed by atoms with van der Waals surface area (Å²) in [4.78, 5) is 32.2. The van der Waals surface area contributed by atoms with E-state index < -0.39 is 11.6 Å². The highest BCUT2D eigenvalue weighted by atomic mass is 32.1. The summed E-state index contributed by atoms with van der Waals surface area (Å²) in [5.74, 6) is 0.299. The lowest BCUT2D eigenvalue weighted by Crippen LogP contribution is -2.41. The number of hydrogen-bond donors (Lipinski definition) is 1. The smallest absolute Gasteiger partial charge is 0.325 e. The van der Waals surface area contributed by atoms with Gasteiger partial charge >= 0.3 is 6.03 Å². The second-order valence-corrected chi connectivity index (χ2v) is 7.91. The zero-order valence-corrected chi connectivity index (χ0v) is 16.3. The van der Waals surface area contributed by atoms with E-state index in [-0.39, 0.29) is 18.3 Å². The summed E-state index contributed by atoms with van der Waals surface area (Å²) in [6.07, 6.45) is 0. The second kappa shape index (κ2) is 6.52. The molecule has 3 heterocycles. The highest BCUT2D eigenvalue weighted by Crippen LogP contribution is 2.34. The van der Waals surface area contributed by atoms with Crippen molar-refractivity contribution >= 4 is 34.0 Å². The molecule has 1 atom stereocenters. The lowest BCUT2D eigenvalue weighted by atomic mass is 9.88. The average Bonchev–Trinajstić information content (AvgIpc) is 3.46. The molecule has 8 heteroatoms. The molecule has 2 aromatic carbocycles. The maximum atomic E-state index is 13.3. The molecule has 0 bridgehead atoms. The summed E-state index contributed by atoms with van der Waals surface area (Å²) >= 11 is 1.49. The van der Waals surface area contributed by atoms with E-state index in [0.717, 1.165) is 26.1 Å². The van der Waals surface area contributed by atoms with Crippen LogP contribution in [0.15, 0.2) is 64.5 Å². The highest BCUT2D eigenvalue weighted by Gasteiger charge is 2.50. The van der Waals surface area contributed by atoms with E-state index in [1.807, 2.05) is 60.0 Å². The van der Waals surface area contributed by atoms with Crippen molar-refractivity contribution in [1.29, 1.82) is 0 Å². The molecule has 4 aromatic rings. The summed E-state index contributed by atoms with van der Waals surface area (Å²) in [6, 6.07) is 16.8. The number of hydrogen-bond acceptors (Lipinski definition) is 6. The molecule has 0 unspecified atom stereocenters. The molecule has 2 aromatic heterocycles. The molecule has 29 heavy (non-hydrogen) atoms. The summed E-state index contributed by atoms with van der Waals surface area (Å²) < 4.78 is 5.26. The molecule has 1 N–H and O–H groups in total. The number of carbonyl (C=O) groups is 2. The number of carbonyl (C=O) groups excluding carboxylic acids is 2. The van der Waals surface area contributed by atoms with E-state index in [1.54, 1.807) is 6.92 Å². The minimum atomic E-state index is -1.17. The summed E-state index contributed by atoms with van der Waals surface area (Å²) in [6.45, 7) is 1.64. The van der Waals surface area contributed by atoms with Gasteiger partial charge in [0.2, 0.25) is 11.7 Å². The largest absolute Gasteiger partial charge is 0.337 e. The SMILES string of the molecule is C[C@@]1(c2cccc3ccccc23)NC(=O)N(Cc2nc(-c3cccs3)no2)C1=O. The van der Waals surface area contributed by atoms with Gasteiger partial charge in [-0.25, -0.2) is 4.79 Å². The van der Waals surface area contributed by atoms with Crippen LogP contribution >= 0.6 is 11.3 Å². The van der Waals surface area contributed by atoms with E-state index >= 15 is 0 Å². The fourth-order valence-corrected chi connectivity index (χ4v) is 4.29. The molecule has 5 rings (SSSR count). The maximum Gasteiger partial charge on any atom is 0.325 e. The Balaban J connectivity index is 1.47. The Morgan fingerprint density at radius 3 is 2.76 bits per heavy atom. The first-order chi connectivity index (χ1) is 14.1. The highest BCUT2D eigenvalue weighted by molar-refractivity contribution is 7.13. The number of fused-ring (bicyclic) bond motifs is 1. The van der Waals surface area contributed by atoms with E-state index in [4.69, 9.17) is 4.52 Å². The number of nitrogens with zero attached hydrogens (tertiary/aromatic N) is 3. The molecule has 0 radical (unpaired) electrons. The van der Waals surface area contributed by atoms with Crippen molar-refractivity contribution in [2.45, 2.75) is 19.0 Å². The first kappa shape index (κ1) is 17.6.